The van der Waals surface area contributed by atoms with Crippen LogP contribution in [0.1, 0.15) is 11.1 Å². The molecule has 0 aliphatic heterocycles. The van der Waals surface area contributed by atoms with Gasteiger partial charge < -0.3 is 11.1 Å². The first-order valence-corrected chi connectivity index (χ1v) is 6.02. The fourth-order valence-electron chi connectivity index (χ4n) is 1.71. The molecule has 1 aromatic carbocycles. The van der Waals surface area contributed by atoms with Crippen LogP contribution in [0.5, 0.6) is 0 Å². The molecule has 2 rings (SSSR count). The fraction of sp³-hybridized carbons (Fsp3) is 0.143. The van der Waals surface area contributed by atoms with E-state index in [9.17, 15) is 18.0 Å². The number of aromatic nitrogens is 1. The maximum Gasteiger partial charge on any atom is 0.416 e. The minimum atomic E-state index is -4.38. The highest BCUT2D eigenvalue weighted by molar-refractivity contribution is 5.94. The average molecular weight is 295 g/mol. The number of pyridine rings is 1. The Morgan fingerprint density at radius 2 is 1.86 bits per heavy atom. The van der Waals surface area contributed by atoms with Crippen molar-refractivity contribution < 1.29 is 18.0 Å². The van der Waals surface area contributed by atoms with Crippen molar-refractivity contribution in [3.05, 3.63) is 53.9 Å². The molecule has 0 bridgehead atoms. The fourth-order valence-corrected chi connectivity index (χ4v) is 1.71. The summed E-state index contributed by atoms with van der Waals surface area (Å²) in [6.07, 6.45) is -1.55. The monoisotopic (exact) mass is 295 g/mol. The first-order valence-electron chi connectivity index (χ1n) is 6.02. The van der Waals surface area contributed by atoms with Gasteiger partial charge in [-0.25, -0.2) is 0 Å². The number of benzene rings is 1. The summed E-state index contributed by atoms with van der Waals surface area (Å²) in [5.41, 5.74) is 6.10. The third-order valence-corrected chi connectivity index (χ3v) is 2.77. The quantitative estimate of drug-likeness (QED) is 0.915. The van der Waals surface area contributed by atoms with E-state index >= 15 is 0 Å². The van der Waals surface area contributed by atoms with Crippen LogP contribution in [0.4, 0.5) is 24.5 Å². The lowest BCUT2D eigenvalue weighted by Crippen LogP contribution is -2.15. The lowest BCUT2D eigenvalue weighted by molar-refractivity contribution is -0.137. The highest BCUT2D eigenvalue weighted by Crippen LogP contribution is 2.29. The van der Waals surface area contributed by atoms with Gasteiger partial charge in [-0.2, -0.15) is 13.2 Å². The van der Waals surface area contributed by atoms with Gasteiger partial charge in [-0.1, -0.05) is 12.1 Å². The number of nitrogen functional groups attached to an aromatic ring is 1. The Kier molecular flexibility index (Phi) is 4.11. The summed E-state index contributed by atoms with van der Waals surface area (Å²) in [6.45, 7) is 0. The Morgan fingerprint density at radius 3 is 2.43 bits per heavy atom. The Bertz CT molecular complexity index is 639. The number of carbonyl (C=O) groups excluding carboxylic acids is 1. The van der Waals surface area contributed by atoms with Gasteiger partial charge >= 0.3 is 6.18 Å². The van der Waals surface area contributed by atoms with Gasteiger partial charge in [0.25, 0.3) is 0 Å². The highest BCUT2D eigenvalue weighted by Gasteiger charge is 2.29. The smallest absolute Gasteiger partial charge is 0.396 e. The molecule has 7 heteroatoms. The highest BCUT2D eigenvalue weighted by atomic mass is 19.4. The van der Waals surface area contributed by atoms with E-state index in [4.69, 9.17) is 5.73 Å². The molecular weight excluding hydrogens is 283 g/mol. The van der Waals surface area contributed by atoms with E-state index in [1.165, 1.54) is 24.5 Å². The Labute approximate surface area is 118 Å². The van der Waals surface area contributed by atoms with E-state index in [-0.39, 0.29) is 12.3 Å². The molecule has 0 fully saturated rings. The SMILES string of the molecule is Nc1cnccc1NC(=O)Cc1ccc(C(F)(F)F)cc1. The van der Waals surface area contributed by atoms with Crippen LogP contribution in [0.2, 0.25) is 0 Å². The molecule has 0 atom stereocenters. The Hall–Kier alpha value is -2.57. The summed E-state index contributed by atoms with van der Waals surface area (Å²) in [7, 11) is 0. The van der Waals surface area contributed by atoms with Crippen molar-refractivity contribution in [2.45, 2.75) is 12.6 Å². The standard InChI is InChI=1S/C14H12F3N3O/c15-14(16,17)10-3-1-9(2-4-10)7-13(21)20-12-5-6-19-8-11(12)18/h1-6,8H,7,18H2,(H,19,20,21). The van der Waals surface area contributed by atoms with Crippen LogP contribution in [-0.4, -0.2) is 10.9 Å². The van der Waals surface area contributed by atoms with Gasteiger partial charge in [-0.3, -0.25) is 9.78 Å². The number of nitrogens with two attached hydrogens (primary N) is 1. The molecule has 1 heterocycles. The van der Waals surface area contributed by atoms with Gasteiger partial charge in [0.2, 0.25) is 5.91 Å². The maximum atomic E-state index is 12.4. The molecule has 0 aliphatic rings. The second-order valence-electron chi connectivity index (χ2n) is 4.38. The summed E-state index contributed by atoms with van der Waals surface area (Å²) >= 11 is 0. The summed E-state index contributed by atoms with van der Waals surface area (Å²) in [6, 6.07) is 5.99. The van der Waals surface area contributed by atoms with Crippen molar-refractivity contribution in [1.82, 2.24) is 4.98 Å². The van der Waals surface area contributed by atoms with Crippen molar-refractivity contribution in [2.75, 3.05) is 11.1 Å². The van der Waals surface area contributed by atoms with Crippen LogP contribution in [-0.2, 0) is 17.4 Å². The number of amides is 1. The predicted octanol–water partition coefficient (Wildman–Crippen LogP) is 2.86. The van der Waals surface area contributed by atoms with E-state index in [0.717, 1.165) is 12.1 Å². The number of anilines is 2. The summed E-state index contributed by atoms with van der Waals surface area (Å²) in [5, 5.41) is 2.58. The number of halogens is 3. The van der Waals surface area contributed by atoms with Gasteiger partial charge in [0.05, 0.1) is 29.6 Å². The summed E-state index contributed by atoms with van der Waals surface area (Å²) in [4.78, 5) is 15.6. The molecule has 2 aromatic rings. The van der Waals surface area contributed by atoms with Crippen molar-refractivity contribution in [2.24, 2.45) is 0 Å². The Morgan fingerprint density at radius 1 is 1.19 bits per heavy atom. The van der Waals surface area contributed by atoms with Crippen molar-refractivity contribution in [3.63, 3.8) is 0 Å². The molecule has 0 unspecified atom stereocenters. The molecule has 110 valence electrons. The summed E-state index contributed by atoms with van der Waals surface area (Å²) in [5.74, 6) is -0.368. The van der Waals surface area contributed by atoms with Gasteiger partial charge in [0.15, 0.2) is 0 Å². The van der Waals surface area contributed by atoms with E-state index in [2.05, 4.69) is 10.3 Å². The minimum Gasteiger partial charge on any atom is -0.396 e. The molecule has 0 saturated carbocycles. The number of hydrogen-bond acceptors (Lipinski definition) is 3. The summed E-state index contributed by atoms with van der Waals surface area (Å²) < 4.78 is 37.2. The van der Waals surface area contributed by atoms with Gasteiger partial charge in [0, 0.05) is 6.20 Å². The van der Waals surface area contributed by atoms with Crippen LogP contribution >= 0.6 is 0 Å². The van der Waals surface area contributed by atoms with Crippen LogP contribution < -0.4 is 11.1 Å². The zero-order valence-electron chi connectivity index (χ0n) is 10.8. The minimum absolute atomic E-state index is 0.0418. The predicted molar refractivity (Wildman–Crippen MR) is 72.4 cm³/mol. The first-order chi connectivity index (χ1) is 9.86. The van der Waals surface area contributed by atoms with E-state index in [0.29, 0.717) is 16.9 Å². The second kappa shape index (κ2) is 5.82. The van der Waals surface area contributed by atoms with E-state index in [1.807, 2.05) is 0 Å². The molecule has 1 aromatic heterocycles. The molecule has 1 amide bonds. The van der Waals surface area contributed by atoms with Gasteiger partial charge in [-0.15, -0.1) is 0 Å². The first kappa shape index (κ1) is 14.8. The lowest BCUT2D eigenvalue weighted by Gasteiger charge is -2.09. The third-order valence-electron chi connectivity index (χ3n) is 2.77. The molecule has 21 heavy (non-hydrogen) atoms. The van der Waals surface area contributed by atoms with Crippen LogP contribution in [0.15, 0.2) is 42.7 Å². The zero-order chi connectivity index (χ0) is 15.5. The van der Waals surface area contributed by atoms with Gasteiger partial charge in [-0.05, 0) is 23.8 Å². The van der Waals surface area contributed by atoms with Crippen molar-refractivity contribution in [1.29, 1.82) is 0 Å². The molecule has 4 nitrogen and oxygen atoms in total. The molecule has 0 aliphatic carbocycles. The average Bonchev–Trinajstić information content (AvgIpc) is 2.41. The normalized spacial score (nSPS) is 11.2. The van der Waals surface area contributed by atoms with Crippen LogP contribution in [0, 0.1) is 0 Å². The number of hydrogen-bond donors (Lipinski definition) is 2. The van der Waals surface area contributed by atoms with E-state index < -0.39 is 11.7 Å². The second-order valence-corrected chi connectivity index (χ2v) is 4.38. The van der Waals surface area contributed by atoms with Crippen LogP contribution in [0.3, 0.4) is 0 Å². The zero-order valence-corrected chi connectivity index (χ0v) is 10.8. The topological polar surface area (TPSA) is 68.0 Å². The number of carbonyl (C=O) groups is 1. The third kappa shape index (κ3) is 3.95. The Balaban J connectivity index is 2.02. The molecule has 3 N–H and O–H groups in total. The lowest BCUT2D eigenvalue weighted by atomic mass is 10.1. The molecule has 0 spiro atoms. The number of rotatable bonds is 3. The maximum absolute atomic E-state index is 12.4. The van der Waals surface area contributed by atoms with Crippen molar-refractivity contribution in [3.8, 4) is 0 Å². The van der Waals surface area contributed by atoms with Crippen LogP contribution in [0.25, 0.3) is 0 Å². The molecule has 0 radical (unpaired) electrons. The number of alkyl halides is 3. The van der Waals surface area contributed by atoms with Gasteiger partial charge in [0.1, 0.15) is 0 Å². The largest absolute Gasteiger partial charge is 0.416 e. The molecular formula is C14H12F3N3O. The number of nitrogens with zero attached hydrogens (tertiary/aromatic N) is 1. The van der Waals surface area contributed by atoms with Crippen molar-refractivity contribution >= 4 is 17.3 Å². The van der Waals surface area contributed by atoms with E-state index in [1.54, 1.807) is 6.07 Å². The molecule has 0 saturated heterocycles. The number of nitrogens with one attached hydrogen (secondary N) is 1.